The number of anilines is 2. The van der Waals surface area contributed by atoms with Gasteiger partial charge in [0.05, 0.1) is 35.4 Å². The first kappa shape index (κ1) is 25.4. The van der Waals surface area contributed by atoms with Crippen molar-refractivity contribution in [1.82, 2.24) is 25.0 Å². The Bertz CT molecular complexity index is 1610. The first-order valence-electron chi connectivity index (χ1n) is 12.7. The van der Waals surface area contributed by atoms with E-state index in [-0.39, 0.29) is 34.5 Å². The van der Waals surface area contributed by atoms with Crippen LogP contribution in [0, 0.1) is 22.7 Å². The molecule has 12 heteroatoms. The highest BCUT2D eigenvalue weighted by atomic mass is 35.5. The molecule has 0 spiro atoms. The third kappa shape index (κ3) is 5.34. The molecule has 2 N–H and O–H groups in total. The zero-order valence-electron chi connectivity index (χ0n) is 22.4. The van der Waals surface area contributed by atoms with Crippen LogP contribution in [-0.4, -0.2) is 37.9 Å². The zero-order chi connectivity index (χ0) is 28.9. The van der Waals surface area contributed by atoms with Crippen LogP contribution in [0.2, 0.25) is 5.02 Å². The summed E-state index contributed by atoms with van der Waals surface area (Å²) >= 11 is 6.62. The van der Waals surface area contributed by atoms with Crippen LogP contribution in [-0.2, 0) is 5.54 Å². The number of benzene rings is 1. The number of pyridine rings is 2. The molecule has 3 heterocycles. The standard InChI is InChI=1S/C27H26ClF3N8/c1-26(2,3)14-35-22-16(10-32)12-34-24-18(22)8-17(9-19(24)28)36-23(15-4-5-21(29)33-11-15)20-13-39(38-37-20)27(6-7-27)25(30)31/h4-5,8-9,11-13,23,25,36H,6-7,14H2,1-3H3,(H,34,35)/t23-/m0/s1/i23D. The van der Waals surface area contributed by atoms with Gasteiger partial charge in [0.25, 0.3) is 6.43 Å². The monoisotopic (exact) mass is 555 g/mol. The summed E-state index contributed by atoms with van der Waals surface area (Å²) in [6.07, 6.45) is 1.74. The molecule has 0 radical (unpaired) electrons. The highest BCUT2D eigenvalue weighted by molar-refractivity contribution is 6.35. The maximum absolute atomic E-state index is 13.8. The van der Waals surface area contributed by atoms with Gasteiger partial charge in [0.2, 0.25) is 5.95 Å². The minimum absolute atomic E-state index is 0.000894. The van der Waals surface area contributed by atoms with Crippen molar-refractivity contribution >= 4 is 33.9 Å². The van der Waals surface area contributed by atoms with E-state index >= 15 is 0 Å². The van der Waals surface area contributed by atoms with Crippen molar-refractivity contribution < 1.29 is 14.5 Å². The summed E-state index contributed by atoms with van der Waals surface area (Å²) in [5.74, 6) is -0.747. The molecule has 39 heavy (non-hydrogen) atoms. The predicted molar refractivity (Wildman–Crippen MR) is 142 cm³/mol. The quantitative estimate of drug-likeness (QED) is 0.246. The van der Waals surface area contributed by atoms with Gasteiger partial charge in [-0.2, -0.15) is 9.65 Å². The molecular weight excluding hydrogens is 529 g/mol. The molecule has 0 unspecified atom stereocenters. The number of fused-ring (bicyclic) bond motifs is 1. The summed E-state index contributed by atoms with van der Waals surface area (Å²) in [6.45, 7) is 6.70. The summed E-state index contributed by atoms with van der Waals surface area (Å²) in [5, 5.41) is 24.9. The van der Waals surface area contributed by atoms with Crippen molar-refractivity contribution in [3.8, 4) is 6.07 Å². The Morgan fingerprint density at radius 2 is 2.00 bits per heavy atom. The number of hydrogen-bond donors (Lipinski definition) is 2. The zero-order valence-corrected chi connectivity index (χ0v) is 22.2. The molecule has 0 saturated heterocycles. The molecule has 8 nitrogen and oxygen atoms in total. The van der Waals surface area contributed by atoms with Crippen molar-refractivity contribution in [1.29, 1.82) is 5.26 Å². The lowest BCUT2D eigenvalue weighted by molar-refractivity contribution is 0.0593. The van der Waals surface area contributed by atoms with Gasteiger partial charge in [-0.25, -0.2) is 18.4 Å². The Morgan fingerprint density at radius 3 is 2.62 bits per heavy atom. The largest absolute Gasteiger partial charge is 0.383 e. The van der Waals surface area contributed by atoms with Crippen molar-refractivity contribution in [3.05, 3.63) is 70.6 Å². The molecule has 5 rings (SSSR count). The smallest absolute Gasteiger partial charge is 0.263 e. The summed E-state index contributed by atoms with van der Waals surface area (Å²) in [4.78, 5) is 8.03. The summed E-state index contributed by atoms with van der Waals surface area (Å²) in [7, 11) is 0. The van der Waals surface area contributed by atoms with E-state index in [1.54, 1.807) is 12.1 Å². The molecular formula is C27H26ClF3N8. The summed E-state index contributed by atoms with van der Waals surface area (Å²) in [6, 6.07) is 5.92. The lowest BCUT2D eigenvalue weighted by Crippen LogP contribution is -2.26. The molecule has 0 amide bonds. The lowest BCUT2D eigenvalue weighted by atomic mass is 9.96. The molecule has 1 fully saturated rings. The first-order chi connectivity index (χ1) is 18.9. The van der Waals surface area contributed by atoms with Crippen LogP contribution in [0.25, 0.3) is 10.9 Å². The van der Waals surface area contributed by atoms with Crippen LogP contribution in [0.15, 0.2) is 42.9 Å². The number of hydrogen-bond acceptors (Lipinski definition) is 7. The number of nitrogens with one attached hydrogen (secondary N) is 2. The van der Waals surface area contributed by atoms with E-state index in [0.717, 1.165) is 10.7 Å². The molecule has 1 saturated carbocycles. The number of rotatable bonds is 8. The molecule has 0 aliphatic heterocycles. The van der Waals surface area contributed by atoms with Crippen molar-refractivity contribution in [2.45, 2.75) is 51.6 Å². The summed E-state index contributed by atoms with van der Waals surface area (Å²) in [5.41, 5.74) is 0.272. The second-order valence-corrected chi connectivity index (χ2v) is 11.2. The molecule has 1 aliphatic rings. The number of nitriles is 1. The van der Waals surface area contributed by atoms with E-state index < -0.39 is 23.9 Å². The topological polar surface area (TPSA) is 104 Å². The van der Waals surface area contributed by atoms with Crippen LogP contribution in [0.5, 0.6) is 0 Å². The fourth-order valence-corrected chi connectivity index (χ4v) is 4.45. The molecule has 4 aromatic rings. The maximum Gasteiger partial charge on any atom is 0.263 e. The molecule has 1 aliphatic carbocycles. The summed E-state index contributed by atoms with van der Waals surface area (Å²) < 4.78 is 51.7. The predicted octanol–water partition coefficient (Wildman–Crippen LogP) is 6.30. The Balaban J connectivity index is 1.62. The van der Waals surface area contributed by atoms with E-state index in [4.69, 9.17) is 11.6 Å². The second-order valence-electron chi connectivity index (χ2n) is 10.7. The fraction of sp³-hybridized carbons (Fsp3) is 0.370. The molecule has 0 bridgehead atoms. The van der Waals surface area contributed by atoms with Gasteiger partial charge in [-0.15, -0.1) is 5.10 Å². The van der Waals surface area contributed by atoms with E-state index in [9.17, 15) is 19.8 Å². The number of alkyl halides is 2. The number of nitrogens with zero attached hydrogens (tertiary/aromatic N) is 6. The van der Waals surface area contributed by atoms with Crippen molar-refractivity contribution in [2.75, 3.05) is 17.2 Å². The van der Waals surface area contributed by atoms with E-state index in [1.807, 2.05) is 20.8 Å². The molecule has 202 valence electrons. The SMILES string of the molecule is [2H][C@](Nc1cc(Cl)c2ncc(C#N)c(NCC(C)(C)C)c2c1)(c1ccc(F)nc1)c1cn(C2(C(F)F)CC2)nn1. The van der Waals surface area contributed by atoms with Crippen LogP contribution in [0.3, 0.4) is 0 Å². The van der Waals surface area contributed by atoms with Crippen LogP contribution < -0.4 is 10.6 Å². The van der Waals surface area contributed by atoms with Crippen LogP contribution in [0.1, 0.15) is 57.8 Å². The third-order valence-corrected chi connectivity index (χ3v) is 6.79. The minimum atomic E-state index is -2.65. The number of halogens is 4. The van der Waals surface area contributed by atoms with Gasteiger partial charge in [-0.1, -0.05) is 43.7 Å². The van der Waals surface area contributed by atoms with Gasteiger partial charge in [0.15, 0.2) is 0 Å². The fourth-order valence-electron chi connectivity index (χ4n) is 4.18. The van der Waals surface area contributed by atoms with Gasteiger partial charge in [-0.05, 0) is 42.0 Å². The average Bonchev–Trinajstić information content (AvgIpc) is 3.56. The van der Waals surface area contributed by atoms with Crippen LogP contribution in [0.4, 0.5) is 24.5 Å². The lowest BCUT2D eigenvalue weighted by Gasteiger charge is -2.22. The van der Waals surface area contributed by atoms with Gasteiger partial charge in [0.1, 0.15) is 17.3 Å². The highest BCUT2D eigenvalue weighted by Gasteiger charge is 2.54. The second kappa shape index (κ2) is 10.0. The normalized spacial score (nSPS) is 16.4. The van der Waals surface area contributed by atoms with E-state index in [0.29, 0.717) is 34.4 Å². The van der Waals surface area contributed by atoms with Crippen LogP contribution >= 0.6 is 11.6 Å². The van der Waals surface area contributed by atoms with Gasteiger partial charge in [-0.3, -0.25) is 4.98 Å². The van der Waals surface area contributed by atoms with Gasteiger partial charge >= 0.3 is 0 Å². The Hall–Kier alpha value is -3.91. The highest BCUT2D eigenvalue weighted by Crippen LogP contribution is 2.48. The molecule has 1 atom stereocenters. The van der Waals surface area contributed by atoms with Gasteiger partial charge < -0.3 is 10.6 Å². The van der Waals surface area contributed by atoms with Crippen molar-refractivity contribution in [3.63, 3.8) is 0 Å². The minimum Gasteiger partial charge on any atom is -0.383 e. The maximum atomic E-state index is 13.8. The van der Waals surface area contributed by atoms with E-state index in [2.05, 4.69) is 37.0 Å². The van der Waals surface area contributed by atoms with E-state index in [1.165, 1.54) is 24.7 Å². The third-order valence-electron chi connectivity index (χ3n) is 6.50. The Kier molecular flexibility index (Phi) is 6.51. The van der Waals surface area contributed by atoms with Gasteiger partial charge in [0, 0.05) is 30.0 Å². The average molecular weight is 556 g/mol. The molecule has 1 aromatic carbocycles. The first-order valence-corrected chi connectivity index (χ1v) is 12.6. The number of aromatic nitrogens is 5. The molecule has 3 aromatic heterocycles. The Labute approximate surface area is 229 Å². The Morgan fingerprint density at radius 1 is 1.23 bits per heavy atom. The van der Waals surface area contributed by atoms with Crippen molar-refractivity contribution in [2.24, 2.45) is 5.41 Å².